The van der Waals surface area contributed by atoms with Crippen molar-refractivity contribution in [3.05, 3.63) is 0 Å². The van der Waals surface area contributed by atoms with E-state index in [0.717, 1.165) is 32.1 Å². The molecule has 0 radical (unpaired) electrons. The van der Waals surface area contributed by atoms with E-state index < -0.39 is 0 Å². The topological polar surface area (TPSA) is 27.6 Å². The lowest BCUT2D eigenvalue weighted by atomic mass is 10.5. The Morgan fingerprint density at radius 2 is 2.00 bits per heavy atom. The zero-order valence-electron chi connectivity index (χ0n) is 6.95. The molecule has 0 aliphatic carbocycles. The Hall–Kier alpha value is -0.0300. The Morgan fingerprint density at radius 3 is 2.58 bits per heavy atom. The van der Waals surface area contributed by atoms with Crippen molar-refractivity contribution in [2.24, 2.45) is 4.99 Å². The normalized spacial score (nSPS) is 24.7. The minimum absolute atomic E-state index is 0.951. The van der Waals surface area contributed by atoms with Gasteiger partial charge in [-0.1, -0.05) is 21.6 Å². The van der Waals surface area contributed by atoms with E-state index in [4.69, 9.17) is 0 Å². The van der Waals surface area contributed by atoms with Gasteiger partial charge in [0, 0.05) is 31.1 Å². The lowest BCUT2D eigenvalue weighted by Gasteiger charge is -2.21. The summed E-state index contributed by atoms with van der Waals surface area (Å²) in [6.45, 7) is 4.26. The largest absolute Gasteiger partial charge is 0.354 e. The van der Waals surface area contributed by atoms with Crippen LogP contribution in [0, 0.1) is 0 Å². The van der Waals surface area contributed by atoms with Gasteiger partial charge in [-0.3, -0.25) is 4.99 Å². The molecule has 2 aliphatic heterocycles. The van der Waals surface area contributed by atoms with Gasteiger partial charge in [0.1, 0.15) is 0 Å². The second kappa shape index (κ2) is 4.28. The second-order valence-electron chi connectivity index (χ2n) is 2.76. The molecule has 0 aromatic heterocycles. The number of hydrogen-bond donors (Lipinski definition) is 1. The first kappa shape index (κ1) is 8.56. The number of guanidine groups is 1. The van der Waals surface area contributed by atoms with Crippen LogP contribution in [0.4, 0.5) is 0 Å². The number of aliphatic imine (C=N–C) groups is 1. The third-order valence-electron chi connectivity index (χ3n) is 1.93. The minimum Gasteiger partial charge on any atom is -0.354 e. The van der Waals surface area contributed by atoms with Gasteiger partial charge in [-0.05, 0) is 0 Å². The summed E-state index contributed by atoms with van der Waals surface area (Å²) in [6.07, 6.45) is 0. The SMILES string of the molecule is C1CNC(N2CCSSCC2)=N1. The van der Waals surface area contributed by atoms with Crippen LogP contribution in [0.1, 0.15) is 0 Å². The maximum absolute atomic E-state index is 4.41. The van der Waals surface area contributed by atoms with E-state index in [9.17, 15) is 0 Å². The Morgan fingerprint density at radius 1 is 1.25 bits per heavy atom. The van der Waals surface area contributed by atoms with Gasteiger partial charge in [0.25, 0.3) is 0 Å². The fourth-order valence-corrected chi connectivity index (χ4v) is 3.31. The van der Waals surface area contributed by atoms with Gasteiger partial charge < -0.3 is 10.2 Å². The highest BCUT2D eigenvalue weighted by Gasteiger charge is 2.15. The van der Waals surface area contributed by atoms with Gasteiger partial charge in [0.05, 0.1) is 6.54 Å². The first-order valence-corrected chi connectivity index (χ1v) is 6.73. The lowest BCUT2D eigenvalue weighted by Crippen LogP contribution is -2.40. The van der Waals surface area contributed by atoms with Crippen LogP contribution in [0.25, 0.3) is 0 Å². The highest BCUT2D eigenvalue weighted by Crippen LogP contribution is 2.23. The maximum Gasteiger partial charge on any atom is 0.194 e. The summed E-state index contributed by atoms with van der Waals surface area (Å²) < 4.78 is 0. The fraction of sp³-hybridized carbons (Fsp3) is 0.857. The van der Waals surface area contributed by atoms with Crippen molar-refractivity contribution in [3.63, 3.8) is 0 Å². The van der Waals surface area contributed by atoms with Crippen LogP contribution in [-0.2, 0) is 0 Å². The zero-order valence-corrected chi connectivity index (χ0v) is 8.59. The molecule has 0 amide bonds. The average Bonchev–Trinajstić information content (AvgIpc) is 2.48. The van der Waals surface area contributed by atoms with E-state index in [1.807, 2.05) is 21.6 Å². The van der Waals surface area contributed by atoms with Gasteiger partial charge in [-0.15, -0.1) is 0 Å². The molecule has 0 aromatic carbocycles. The van der Waals surface area contributed by atoms with Crippen LogP contribution in [0.2, 0.25) is 0 Å². The third kappa shape index (κ3) is 2.01. The third-order valence-corrected chi connectivity index (χ3v) is 4.29. The van der Waals surface area contributed by atoms with Crippen molar-refractivity contribution in [1.29, 1.82) is 0 Å². The van der Waals surface area contributed by atoms with Crippen molar-refractivity contribution in [1.82, 2.24) is 10.2 Å². The Kier molecular flexibility index (Phi) is 3.05. The zero-order chi connectivity index (χ0) is 8.23. The van der Waals surface area contributed by atoms with Crippen molar-refractivity contribution in [3.8, 4) is 0 Å². The van der Waals surface area contributed by atoms with E-state index in [-0.39, 0.29) is 0 Å². The van der Waals surface area contributed by atoms with Crippen LogP contribution in [-0.4, -0.2) is 48.5 Å². The van der Waals surface area contributed by atoms with Crippen LogP contribution < -0.4 is 5.32 Å². The van der Waals surface area contributed by atoms with Crippen LogP contribution in [0.15, 0.2) is 4.99 Å². The van der Waals surface area contributed by atoms with E-state index >= 15 is 0 Å². The highest BCUT2D eigenvalue weighted by molar-refractivity contribution is 8.76. The lowest BCUT2D eigenvalue weighted by molar-refractivity contribution is 0.462. The Labute approximate surface area is 80.8 Å². The predicted molar refractivity (Wildman–Crippen MR) is 56.8 cm³/mol. The molecule has 0 spiro atoms. The number of nitrogens with one attached hydrogen (secondary N) is 1. The molecule has 0 saturated carbocycles. The molecule has 1 fully saturated rings. The quantitative estimate of drug-likeness (QED) is 0.585. The van der Waals surface area contributed by atoms with Crippen molar-refractivity contribution in [2.75, 3.05) is 37.7 Å². The fourth-order valence-electron chi connectivity index (χ4n) is 1.33. The Bertz CT molecular complexity index is 175. The van der Waals surface area contributed by atoms with E-state index in [1.165, 1.54) is 11.5 Å². The molecular formula is C7H13N3S2. The van der Waals surface area contributed by atoms with E-state index in [1.54, 1.807) is 0 Å². The first-order valence-electron chi connectivity index (χ1n) is 4.24. The maximum atomic E-state index is 4.41. The molecule has 2 aliphatic rings. The first-order chi connectivity index (χ1) is 5.97. The molecule has 2 heterocycles. The number of rotatable bonds is 0. The summed E-state index contributed by atoms with van der Waals surface area (Å²) in [7, 11) is 3.94. The predicted octanol–water partition coefficient (Wildman–Crippen LogP) is 0.643. The van der Waals surface area contributed by atoms with E-state index in [2.05, 4.69) is 15.2 Å². The van der Waals surface area contributed by atoms with Crippen molar-refractivity contribution >= 4 is 27.5 Å². The molecule has 5 heteroatoms. The number of hydrogen-bond acceptors (Lipinski definition) is 5. The van der Waals surface area contributed by atoms with Gasteiger partial charge >= 0.3 is 0 Å². The van der Waals surface area contributed by atoms with Crippen LogP contribution in [0.3, 0.4) is 0 Å². The molecule has 1 N–H and O–H groups in total. The van der Waals surface area contributed by atoms with Crippen LogP contribution >= 0.6 is 21.6 Å². The average molecular weight is 203 g/mol. The summed E-state index contributed by atoms with van der Waals surface area (Å²) in [5.41, 5.74) is 0. The van der Waals surface area contributed by atoms with Crippen LogP contribution in [0.5, 0.6) is 0 Å². The summed E-state index contributed by atoms with van der Waals surface area (Å²) in [4.78, 5) is 6.78. The summed E-state index contributed by atoms with van der Waals surface area (Å²) in [5, 5.41) is 3.31. The molecule has 2 rings (SSSR count). The molecule has 3 nitrogen and oxygen atoms in total. The van der Waals surface area contributed by atoms with Gasteiger partial charge in [-0.25, -0.2) is 0 Å². The van der Waals surface area contributed by atoms with Crippen molar-refractivity contribution < 1.29 is 0 Å². The summed E-state index contributed by atoms with van der Waals surface area (Å²) >= 11 is 0. The van der Waals surface area contributed by atoms with E-state index in [0.29, 0.717) is 0 Å². The molecule has 0 aromatic rings. The number of nitrogens with zero attached hydrogens (tertiary/aromatic N) is 2. The Balaban J connectivity index is 1.91. The smallest absolute Gasteiger partial charge is 0.194 e. The van der Waals surface area contributed by atoms with Gasteiger partial charge in [0.2, 0.25) is 0 Å². The molecule has 0 atom stereocenters. The second-order valence-corrected chi connectivity index (χ2v) is 5.47. The standard InChI is InChI=1S/C7H13N3S2/c1-2-9-7(8-1)10-3-5-11-12-6-4-10/h1-6H2,(H,8,9). The monoisotopic (exact) mass is 203 g/mol. The summed E-state index contributed by atoms with van der Waals surface area (Å²) in [6, 6.07) is 0. The molecule has 0 bridgehead atoms. The molecule has 12 heavy (non-hydrogen) atoms. The minimum atomic E-state index is 0.951. The molecule has 0 unspecified atom stereocenters. The molecule has 1 saturated heterocycles. The molecular weight excluding hydrogens is 190 g/mol. The highest BCUT2D eigenvalue weighted by atomic mass is 33.1. The van der Waals surface area contributed by atoms with Gasteiger partial charge in [-0.2, -0.15) is 0 Å². The van der Waals surface area contributed by atoms with Gasteiger partial charge in [0.15, 0.2) is 5.96 Å². The molecule has 68 valence electrons. The summed E-state index contributed by atoms with van der Waals surface area (Å²) in [5.74, 6) is 3.55. The van der Waals surface area contributed by atoms with Crippen molar-refractivity contribution in [2.45, 2.75) is 0 Å².